The molecule has 1 atom stereocenters. The van der Waals surface area contributed by atoms with Gasteiger partial charge in [0, 0.05) is 26.2 Å². The number of benzene rings is 1. The Morgan fingerprint density at radius 1 is 1.20 bits per heavy atom. The van der Waals surface area contributed by atoms with Gasteiger partial charge in [0.2, 0.25) is 0 Å². The highest BCUT2D eigenvalue weighted by Gasteiger charge is 2.22. The number of hydrogen-bond acceptors (Lipinski definition) is 4. The first-order valence-electron chi connectivity index (χ1n) is 7.15. The first-order valence-corrected chi connectivity index (χ1v) is 7.15. The van der Waals surface area contributed by atoms with Gasteiger partial charge in [0.15, 0.2) is 0 Å². The SMILES string of the molecule is C[C@@H]1CCN(C)c2ccccc2N1CCn1cncn1. The Morgan fingerprint density at radius 3 is 2.75 bits per heavy atom. The maximum Gasteiger partial charge on any atom is 0.137 e. The maximum absolute atomic E-state index is 4.19. The largest absolute Gasteiger partial charge is 0.373 e. The lowest BCUT2D eigenvalue weighted by molar-refractivity contribution is 0.542. The molecule has 1 aromatic carbocycles. The Hall–Kier alpha value is -2.04. The van der Waals surface area contributed by atoms with Crippen LogP contribution in [0, 0.1) is 0 Å². The van der Waals surface area contributed by atoms with Gasteiger partial charge >= 0.3 is 0 Å². The average Bonchev–Trinajstić information content (AvgIpc) is 2.95. The summed E-state index contributed by atoms with van der Waals surface area (Å²) >= 11 is 0. The lowest BCUT2D eigenvalue weighted by Crippen LogP contribution is -2.35. The molecule has 20 heavy (non-hydrogen) atoms. The molecule has 0 amide bonds. The van der Waals surface area contributed by atoms with Gasteiger partial charge in [-0.05, 0) is 25.5 Å². The van der Waals surface area contributed by atoms with Gasteiger partial charge in [0.25, 0.3) is 0 Å². The van der Waals surface area contributed by atoms with E-state index < -0.39 is 0 Å². The van der Waals surface area contributed by atoms with Crippen LogP contribution in [0.4, 0.5) is 11.4 Å². The summed E-state index contributed by atoms with van der Waals surface area (Å²) in [4.78, 5) is 8.84. The lowest BCUT2D eigenvalue weighted by atomic mass is 10.2. The van der Waals surface area contributed by atoms with Crippen LogP contribution in [0.25, 0.3) is 0 Å². The van der Waals surface area contributed by atoms with Gasteiger partial charge in [-0.15, -0.1) is 0 Å². The summed E-state index contributed by atoms with van der Waals surface area (Å²) in [6, 6.07) is 9.18. The fourth-order valence-electron chi connectivity index (χ4n) is 2.82. The van der Waals surface area contributed by atoms with Crippen LogP contribution in [0.15, 0.2) is 36.9 Å². The molecule has 106 valence electrons. The molecule has 0 bridgehead atoms. The zero-order valence-electron chi connectivity index (χ0n) is 12.1. The van der Waals surface area contributed by atoms with Gasteiger partial charge in [-0.25, -0.2) is 4.98 Å². The number of anilines is 2. The second kappa shape index (κ2) is 5.53. The van der Waals surface area contributed by atoms with E-state index in [0.29, 0.717) is 6.04 Å². The second-order valence-corrected chi connectivity index (χ2v) is 5.40. The molecule has 0 saturated heterocycles. The first kappa shape index (κ1) is 13.0. The number of rotatable bonds is 3. The zero-order valence-corrected chi connectivity index (χ0v) is 12.1. The third kappa shape index (κ3) is 2.48. The van der Waals surface area contributed by atoms with Crippen molar-refractivity contribution in [3.63, 3.8) is 0 Å². The molecule has 0 spiro atoms. The van der Waals surface area contributed by atoms with E-state index in [1.54, 1.807) is 12.7 Å². The second-order valence-electron chi connectivity index (χ2n) is 5.40. The van der Waals surface area contributed by atoms with Crippen molar-refractivity contribution in [1.82, 2.24) is 14.8 Å². The summed E-state index contributed by atoms with van der Waals surface area (Å²) in [5.41, 5.74) is 2.63. The van der Waals surface area contributed by atoms with Crippen LogP contribution in [0.2, 0.25) is 0 Å². The van der Waals surface area contributed by atoms with Crippen LogP contribution in [0.1, 0.15) is 13.3 Å². The molecule has 2 aromatic rings. The highest BCUT2D eigenvalue weighted by Crippen LogP contribution is 2.33. The lowest BCUT2D eigenvalue weighted by Gasteiger charge is -2.30. The van der Waals surface area contributed by atoms with Crippen LogP contribution in [0.5, 0.6) is 0 Å². The van der Waals surface area contributed by atoms with Gasteiger partial charge in [0.1, 0.15) is 12.7 Å². The van der Waals surface area contributed by atoms with Crippen LogP contribution in [-0.4, -0.2) is 40.9 Å². The van der Waals surface area contributed by atoms with Crippen LogP contribution in [0.3, 0.4) is 0 Å². The molecule has 0 fully saturated rings. The molecular formula is C15H21N5. The van der Waals surface area contributed by atoms with Crippen molar-refractivity contribution in [2.75, 3.05) is 29.9 Å². The minimum Gasteiger partial charge on any atom is -0.373 e. The van der Waals surface area contributed by atoms with Gasteiger partial charge in [-0.3, -0.25) is 4.68 Å². The van der Waals surface area contributed by atoms with E-state index in [1.165, 1.54) is 17.8 Å². The fourth-order valence-corrected chi connectivity index (χ4v) is 2.82. The Balaban J connectivity index is 1.85. The van der Waals surface area contributed by atoms with E-state index in [0.717, 1.165) is 19.6 Å². The summed E-state index contributed by atoms with van der Waals surface area (Å²) in [6.45, 7) is 5.22. The summed E-state index contributed by atoms with van der Waals surface area (Å²) in [5.74, 6) is 0. The van der Waals surface area contributed by atoms with E-state index >= 15 is 0 Å². The van der Waals surface area contributed by atoms with Gasteiger partial charge in [-0.2, -0.15) is 5.10 Å². The standard InChI is InChI=1S/C15H21N5/c1-13-7-8-18(2)14-5-3-4-6-15(14)20(13)10-9-19-12-16-11-17-19/h3-6,11-13H,7-10H2,1-2H3/t13-/m1/s1. The molecule has 0 radical (unpaired) electrons. The molecule has 5 heteroatoms. The molecule has 1 aromatic heterocycles. The van der Waals surface area contributed by atoms with Crippen molar-refractivity contribution in [1.29, 1.82) is 0 Å². The molecular weight excluding hydrogens is 250 g/mol. The van der Waals surface area contributed by atoms with E-state index in [2.05, 4.69) is 58.1 Å². The molecule has 0 saturated carbocycles. The summed E-state index contributed by atoms with van der Waals surface area (Å²) in [7, 11) is 2.17. The molecule has 0 aliphatic carbocycles. The topological polar surface area (TPSA) is 37.2 Å². The van der Waals surface area contributed by atoms with Gasteiger partial charge < -0.3 is 9.80 Å². The van der Waals surface area contributed by atoms with Crippen LogP contribution >= 0.6 is 0 Å². The summed E-state index contributed by atoms with van der Waals surface area (Å²) < 4.78 is 1.89. The summed E-state index contributed by atoms with van der Waals surface area (Å²) in [6.07, 6.45) is 4.54. The molecule has 5 nitrogen and oxygen atoms in total. The predicted octanol–water partition coefficient (Wildman–Crippen LogP) is 2.01. The number of fused-ring (bicyclic) bond motifs is 1. The van der Waals surface area contributed by atoms with E-state index in [9.17, 15) is 0 Å². The third-order valence-electron chi connectivity index (χ3n) is 4.05. The molecule has 0 N–H and O–H groups in total. The molecule has 2 heterocycles. The number of para-hydroxylation sites is 2. The zero-order chi connectivity index (χ0) is 13.9. The van der Waals surface area contributed by atoms with Crippen molar-refractivity contribution in [3.8, 4) is 0 Å². The van der Waals surface area contributed by atoms with E-state index in [1.807, 2.05) is 4.68 Å². The number of nitrogens with zero attached hydrogens (tertiary/aromatic N) is 5. The van der Waals surface area contributed by atoms with Crippen LogP contribution < -0.4 is 9.80 Å². The van der Waals surface area contributed by atoms with E-state index in [4.69, 9.17) is 0 Å². The quantitative estimate of drug-likeness (QED) is 0.856. The normalized spacial score (nSPS) is 18.8. The van der Waals surface area contributed by atoms with E-state index in [-0.39, 0.29) is 0 Å². The summed E-state index contributed by atoms with van der Waals surface area (Å²) in [5, 5.41) is 4.19. The Morgan fingerprint density at radius 2 is 2.00 bits per heavy atom. The highest BCUT2D eigenvalue weighted by atomic mass is 15.3. The maximum atomic E-state index is 4.19. The monoisotopic (exact) mass is 271 g/mol. The third-order valence-corrected chi connectivity index (χ3v) is 4.05. The molecule has 3 rings (SSSR count). The van der Waals surface area contributed by atoms with Gasteiger partial charge in [-0.1, -0.05) is 12.1 Å². The van der Waals surface area contributed by atoms with Crippen LogP contribution in [-0.2, 0) is 6.54 Å². The smallest absolute Gasteiger partial charge is 0.137 e. The Bertz CT molecular complexity index is 551. The van der Waals surface area contributed by atoms with Gasteiger partial charge in [0.05, 0.1) is 17.9 Å². The molecule has 1 aliphatic rings. The molecule has 1 aliphatic heterocycles. The minimum absolute atomic E-state index is 0.532. The van der Waals surface area contributed by atoms with Crippen molar-refractivity contribution in [2.24, 2.45) is 0 Å². The number of hydrogen-bond donors (Lipinski definition) is 0. The Kier molecular flexibility index (Phi) is 3.58. The van der Waals surface area contributed by atoms with Crippen molar-refractivity contribution in [3.05, 3.63) is 36.9 Å². The predicted molar refractivity (Wildman–Crippen MR) is 81.2 cm³/mol. The van der Waals surface area contributed by atoms with Crippen molar-refractivity contribution in [2.45, 2.75) is 25.9 Å². The van der Waals surface area contributed by atoms with Crippen molar-refractivity contribution < 1.29 is 0 Å². The molecule has 0 unspecified atom stereocenters. The fraction of sp³-hybridized carbons (Fsp3) is 0.467. The minimum atomic E-state index is 0.532. The average molecular weight is 271 g/mol. The number of aromatic nitrogens is 3. The van der Waals surface area contributed by atoms with Crippen molar-refractivity contribution >= 4 is 11.4 Å². The highest BCUT2D eigenvalue weighted by molar-refractivity contribution is 5.72. The Labute approximate surface area is 119 Å². The first-order chi connectivity index (χ1) is 9.75.